The summed E-state index contributed by atoms with van der Waals surface area (Å²) in [6.07, 6.45) is 0. The first-order valence-electron chi connectivity index (χ1n) is 9.16. The molecule has 0 aliphatic heterocycles. The van der Waals surface area contributed by atoms with E-state index in [1.54, 1.807) is 0 Å². The maximum absolute atomic E-state index is 5.39. The molecule has 128 valence electrons. The summed E-state index contributed by atoms with van der Waals surface area (Å²) in [7, 11) is 0. The van der Waals surface area contributed by atoms with Gasteiger partial charge in [-0.2, -0.15) is 0 Å². The van der Waals surface area contributed by atoms with Crippen molar-refractivity contribution in [2.75, 3.05) is 0 Å². The predicted molar refractivity (Wildman–Crippen MR) is 108 cm³/mol. The fourth-order valence-corrected chi connectivity index (χ4v) is 4.67. The van der Waals surface area contributed by atoms with Gasteiger partial charge in [0.05, 0.1) is 0 Å². The Kier molecular flexibility index (Phi) is 5.10. The van der Waals surface area contributed by atoms with E-state index in [0.29, 0.717) is 0 Å². The third-order valence-corrected chi connectivity index (χ3v) is 6.25. The van der Waals surface area contributed by atoms with Gasteiger partial charge in [-0.1, -0.05) is 70.8 Å². The number of fused-ring (bicyclic) bond motifs is 2. The van der Waals surface area contributed by atoms with E-state index in [2.05, 4.69) is 77.9 Å². The SMILES string of the molecule is CC1=C(C)C([N-]C2C(C)=C(C)c3c(C)cccc32)c2cccc(C)c21.[Li+]. The van der Waals surface area contributed by atoms with Crippen LogP contribution in [0.2, 0.25) is 0 Å². The summed E-state index contributed by atoms with van der Waals surface area (Å²) in [6.45, 7) is 13.4. The average Bonchev–Trinajstić information content (AvgIpc) is 2.97. The Bertz CT molecular complexity index is 871. The molecule has 2 aliphatic carbocycles. The molecule has 0 saturated carbocycles. The van der Waals surface area contributed by atoms with E-state index >= 15 is 0 Å². The summed E-state index contributed by atoms with van der Waals surface area (Å²) >= 11 is 0. The molecule has 0 aromatic heterocycles. The Morgan fingerprint density at radius 3 is 1.38 bits per heavy atom. The maximum Gasteiger partial charge on any atom is 1.00 e. The van der Waals surface area contributed by atoms with Crippen molar-refractivity contribution in [3.63, 3.8) is 0 Å². The number of benzene rings is 2. The second-order valence-electron chi connectivity index (χ2n) is 7.65. The molecule has 2 aromatic rings. The molecular weight excluding hydrogens is 309 g/mol. The zero-order valence-corrected chi connectivity index (χ0v) is 17.1. The molecule has 0 bridgehead atoms. The molecule has 0 fully saturated rings. The van der Waals surface area contributed by atoms with Crippen molar-refractivity contribution < 1.29 is 18.9 Å². The van der Waals surface area contributed by atoms with Crippen molar-refractivity contribution in [1.29, 1.82) is 0 Å². The molecule has 2 aromatic carbocycles. The summed E-state index contributed by atoms with van der Waals surface area (Å²) < 4.78 is 0. The predicted octanol–water partition coefficient (Wildman–Crippen LogP) is 4.08. The van der Waals surface area contributed by atoms with Crippen molar-refractivity contribution in [3.05, 3.63) is 86.2 Å². The maximum atomic E-state index is 5.39. The molecule has 2 heteroatoms. The van der Waals surface area contributed by atoms with Crippen molar-refractivity contribution in [2.24, 2.45) is 0 Å². The van der Waals surface area contributed by atoms with Crippen LogP contribution in [0.4, 0.5) is 0 Å². The van der Waals surface area contributed by atoms with Gasteiger partial charge in [-0.3, -0.25) is 0 Å². The fraction of sp³-hybridized carbons (Fsp3) is 0.333. The number of hydrogen-bond donors (Lipinski definition) is 0. The van der Waals surface area contributed by atoms with Crippen LogP contribution in [0.3, 0.4) is 0 Å². The molecule has 0 saturated heterocycles. The summed E-state index contributed by atoms with van der Waals surface area (Å²) in [5.74, 6) is 0. The number of nitrogens with zero attached hydrogens (tertiary/aromatic N) is 1. The van der Waals surface area contributed by atoms with Crippen LogP contribution in [0, 0.1) is 13.8 Å². The van der Waals surface area contributed by atoms with Gasteiger partial charge in [-0.25, -0.2) is 0 Å². The van der Waals surface area contributed by atoms with Crippen molar-refractivity contribution >= 4 is 11.1 Å². The van der Waals surface area contributed by atoms with Crippen molar-refractivity contribution in [3.8, 4) is 0 Å². The molecule has 4 rings (SSSR count). The summed E-state index contributed by atoms with van der Waals surface area (Å²) in [6, 6.07) is 13.6. The second-order valence-corrected chi connectivity index (χ2v) is 7.65. The van der Waals surface area contributed by atoms with Crippen LogP contribution in [0.25, 0.3) is 16.5 Å². The van der Waals surface area contributed by atoms with Crippen LogP contribution in [0.1, 0.15) is 73.2 Å². The quantitative estimate of drug-likeness (QED) is 0.735. The van der Waals surface area contributed by atoms with Gasteiger partial charge in [-0.15, -0.1) is 0 Å². The van der Waals surface area contributed by atoms with Gasteiger partial charge in [0.2, 0.25) is 0 Å². The minimum absolute atomic E-state index is 0. The van der Waals surface area contributed by atoms with Gasteiger partial charge in [0.25, 0.3) is 0 Å². The smallest absolute Gasteiger partial charge is 0.642 e. The molecule has 0 heterocycles. The first-order valence-corrected chi connectivity index (χ1v) is 9.16. The van der Waals surface area contributed by atoms with Gasteiger partial charge in [-0.05, 0) is 74.9 Å². The van der Waals surface area contributed by atoms with E-state index in [-0.39, 0.29) is 30.9 Å². The average molecular weight is 335 g/mol. The Morgan fingerprint density at radius 1 is 0.615 bits per heavy atom. The Labute approximate surface area is 169 Å². The first kappa shape index (κ1) is 19.2. The molecule has 2 unspecified atom stereocenters. The first-order chi connectivity index (χ1) is 11.9. The monoisotopic (exact) mass is 335 g/mol. The topological polar surface area (TPSA) is 14.1 Å². The van der Waals surface area contributed by atoms with Gasteiger partial charge in [0.1, 0.15) is 0 Å². The summed E-state index contributed by atoms with van der Waals surface area (Å²) in [4.78, 5) is 0. The van der Waals surface area contributed by atoms with Gasteiger partial charge < -0.3 is 5.32 Å². The van der Waals surface area contributed by atoms with Crippen LogP contribution in [0.5, 0.6) is 0 Å². The number of aryl methyl sites for hydroxylation is 2. The van der Waals surface area contributed by atoms with Crippen molar-refractivity contribution in [1.82, 2.24) is 0 Å². The third kappa shape index (κ3) is 2.66. The molecule has 2 atom stereocenters. The molecule has 0 radical (unpaired) electrons. The number of hydrogen-bond acceptors (Lipinski definition) is 0. The Balaban J connectivity index is 0.00000196. The molecule has 0 spiro atoms. The van der Waals surface area contributed by atoms with E-state index in [1.165, 1.54) is 55.7 Å². The Hall–Kier alpha value is -1.52. The minimum Gasteiger partial charge on any atom is -0.642 e. The zero-order valence-electron chi connectivity index (χ0n) is 17.1. The third-order valence-electron chi connectivity index (χ3n) is 6.25. The van der Waals surface area contributed by atoms with Gasteiger partial charge >= 0.3 is 18.9 Å². The van der Waals surface area contributed by atoms with E-state index in [0.717, 1.165) is 0 Å². The van der Waals surface area contributed by atoms with Gasteiger partial charge in [0.15, 0.2) is 0 Å². The molecule has 0 N–H and O–H groups in total. The van der Waals surface area contributed by atoms with Crippen LogP contribution in [0.15, 0.2) is 47.5 Å². The van der Waals surface area contributed by atoms with Crippen LogP contribution in [-0.2, 0) is 0 Å². The molecular formula is C24H26LiN. The second kappa shape index (κ2) is 6.89. The molecule has 26 heavy (non-hydrogen) atoms. The van der Waals surface area contributed by atoms with Crippen molar-refractivity contribution in [2.45, 2.75) is 53.6 Å². The van der Waals surface area contributed by atoms with Crippen LogP contribution in [-0.4, -0.2) is 0 Å². The molecule has 2 aliphatic rings. The van der Waals surface area contributed by atoms with Gasteiger partial charge in [0, 0.05) is 0 Å². The standard InChI is InChI=1S/C24H26N.Li/c1-13-9-7-11-19-21(13)15(3)17(5)23(19)25-24-18(6)16(4)22-14(2)10-8-12-20(22)24;/h7-12,23-24H,1-6H3;/q-1;+1. The van der Waals surface area contributed by atoms with E-state index in [4.69, 9.17) is 5.32 Å². The number of rotatable bonds is 2. The normalized spacial score (nSPS) is 21.0. The zero-order chi connectivity index (χ0) is 17.9. The van der Waals surface area contributed by atoms with E-state index < -0.39 is 0 Å². The minimum atomic E-state index is 0. The van der Waals surface area contributed by atoms with Crippen LogP contribution < -0.4 is 18.9 Å². The van der Waals surface area contributed by atoms with E-state index in [9.17, 15) is 0 Å². The largest absolute Gasteiger partial charge is 1.00 e. The molecule has 1 nitrogen and oxygen atoms in total. The fourth-order valence-electron chi connectivity index (χ4n) is 4.67. The van der Waals surface area contributed by atoms with E-state index in [1.807, 2.05) is 0 Å². The number of allylic oxidation sites excluding steroid dienone is 2. The summed E-state index contributed by atoms with van der Waals surface area (Å²) in [5.41, 5.74) is 13.9. The summed E-state index contributed by atoms with van der Waals surface area (Å²) in [5, 5.41) is 5.39. The Morgan fingerprint density at radius 2 is 1.00 bits per heavy atom. The van der Waals surface area contributed by atoms with Crippen LogP contribution >= 0.6 is 0 Å². The molecule has 0 amide bonds.